The van der Waals surface area contributed by atoms with E-state index in [9.17, 15) is 4.79 Å². The minimum Gasteiger partial charge on any atom is -0.394 e. The van der Waals surface area contributed by atoms with Gasteiger partial charge in [0.05, 0.1) is 36.9 Å². The average Bonchev–Trinajstić information content (AvgIpc) is 2.62. The third kappa shape index (κ3) is 3.87. The summed E-state index contributed by atoms with van der Waals surface area (Å²) in [5.74, 6) is -0.118. The number of aromatic nitrogens is 1. The second kappa shape index (κ2) is 8.12. The third-order valence-corrected chi connectivity index (χ3v) is 4.90. The van der Waals surface area contributed by atoms with Gasteiger partial charge in [-0.15, -0.1) is 0 Å². The van der Waals surface area contributed by atoms with Gasteiger partial charge in [-0.3, -0.25) is 9.78 Å². The molecule has 0 saturated carbocycles. The van der Waals surface area contributed by atoms with Crippen LogP contribution in [0.2, 0.25) is 0 Å². The third-order valence-electron chi connectivity index (χ3n) is 4.90. The van der Waals surface area contributed by atoms with Crippen LogP contribution in [-0.2, 0) is 9.47 Å². The summed E-state index contributed by atoms with van der Waals surface area (Å²) in [6.45, 7) is 7.04. The number of carbonyl (C=O) groups excluding carboxylic acids is 1. The monoisotopic (exact) mass is 358 g/mol. The summed E-state index contributed by atoms with van der Waals surface area (Å²) in [5, 5.41) is 13.0. The van der Waals surface area contributed by atoms with Crippen LogP contribution in [0.5, 0.6) is 0 Å². The zero-order valence-electron chi connectivity index (χ0n) is 15.5. The Hall–Kier alpha value is -2.02. The van der Waals surface area contributed by atoms with Crippen LogP contribution in [0.25, 0.3) is 10.9 Å². The number of benzene rings is 1. The maximum atomic E-state index is 13.1. The molecule has 1 fully saturated rings. The van der Waals surface area contributed by atoms with Gasteiger partial charge in [-0.25, -0.2) is 0 Å². The molecule has 1 aromatic heterocycles. The number of nitrogens with one attached hydrogen (secondary N) is 1. The molecule has 6 heteroatoms. The maximum absolute atomic E-state index is 13.1. The SMILES string of the molecule is Cc1ccc2nc(C)c(C)c(C(=O)N[C@@H]3CCOC[C@H]3OCCO)c2c1. The lowest BCUT2D eigenvalue weighted by Gasteiger charge is -2.32. The van der Waals surface area contributed by atoms with Crippen molar-refractivity contribution in [2.24, 2.45) is 0 Å². The molecule has 1 aliphatic rings. The summed E-state index contributed by atoms with van der Waals surface area (Å²) in [6.07, 6.45) is 0.429. The second-order valence-corrected chi connectivity index (χ2v) is 6.79. The topological polar surface area (TPSA) is 80.7 Å². The van der Waals surface area contributed by atoms with Crippen LogP contribution in [0.15, 0.2) is 18.2 Å². The summed E-state index contributed by atoms with van der Waals surface area (Å²) in [5.41, 5.74) is 4.33. The Bertz CT molecular complexity index is 806. The Morgan fingerprint density at radius 2 is 2.19 bits per heavy atom. The Morgan fingerprint density at radius 1 is 1.38 bits per heavy atom. The Labute approximate surface area is 153 Å². The molecule has 1 aliphatic heterocycles. The summed E-state index contributed by atoms with van der Waals surface area (Å²) < 4.78 is 11.1. The lowest BCUT2D eigenvalue weighted by Crippen LogP contribution is -2.50. The van der Waals surface area contributed by atoms with Crippen LogP contribution < -0.4 is 5.32 Å². The fourth-order valence-electron chi connectivity index (χ4n) is 3.37. The number of aliphatic hydroxyl groups excluding tert-OH is 1. The van der Waals surface area contributed by atoms with Crippen LogP contribution in [0.3, 0.4) is 0 Å². The van der Waals surface area contributed by atoms with Crippen LogP contribution >= 0.6 is 0 Å². The maximum Gasteiger partial charge on any atom is 0.252 e. The van der Waals surface area contributed by atoms with Gasteiger partial charge in [-0.2, -0.15) is 0 Å². The zero-order valence-corrected chi connectivity index (χ0v) is 15.5. The number of pyridine rings is 1. The summed E-state index contributed by atoms with van der Waals surface area (Å²) in [4.78, 5) is 17.8. The molecule has 2 atom stereocenters. The highest BCUT2D eigenvalue weighted by Crippen LogP contribution is 2.24. The molecule has 2 N–H and O–H groups in total. The zero-order chi connectivity index (χ0) is 18.7. The average molecular weight is 358 g/mol. The molecule has 2 aromatic rings. The van der Waals surface area contributed by atoms with Gasteiger partial charge in [0.25, 0.3) is 5.91 Å². The molecule has 1 aromatic carbocycles. The second-order valence-electron chi connectivity index (χ2n) is 6.79. The molecule has 0 bridgehead atoms. The highest BCUT2D eigenvalue weighted by atomic mass is 16.5. The van der Waals surface area contributed by atoms with Crippen molar-refractivity contribution < 1.29 is 19.4 Å². The van der Waals surface area contributed by atoms with Gasteiger partial charge in [-0.05, 0) is 44.9 Å². The lowest BCUT2D eigenvalue weighted by atomic mass is 9.98. The van der Waals surface area contributed by atoms with Gasteiger partial charge in [0, 0.05) is 17.7 Å². The predicted molar refractivity (Wildman–Crippen MR) is 99.5 cm³/mol. The van der Waals surface area contributed by atoms with Crippen molar-refractivity contribution in [3.8, 4) is 0 Å². The first-order valence-corrected chi connectivity index (χ1v) is 9.00. The molecule has 0 aliphatic carbocycles. The van der Waals surface area contributed by atoms with Crippen molar-refractivity contribution in [2.75, 3.05) is 26.4 Å². The van der Waals surface area contributed by atoms with Gasteiger partial charge in [0.2, 0.25) is 0 Å². The number of fused-ring (bicyclic) bond motifs is 1. The standard InChI is InChI=1S/C20H26N2O4/c1-12-4-5-16-15(10-12)19(13(2)14(3)21-16)20(24)22-17-6-8-25-11-18(17)26-9-7-23/h4-5,10,17-18,23H,6-9,11H2,1-3H3,(H,22,24)/t17-,18-/m1/s1. The molecule has 0 unspecified atom stereocenters. The first kappa shape index (κ1) is 18.8. The van der Waals surface area contributed by atoms with Crippen molar-refractivity contribution in [1.82, 2.24) is 10.3 Å². The Morgan fingerprint density at radius 3 is 2.96 bits per heavy atom. The van der Waals surface area contributed by atoms with E-state index in [4.69, 9.17) is 14.6 Å². The molecule has 2 heterocycles. The van der Waals surface area contributed by atoms with E-state index in [1.165, 1.54) is 0 Å². The molecule has 1 saturated heterocycles. The number of aliphatic hydroxyl groups is 1. The van der Waals surface area contributed by atoms with Gasteiger partial charge in [0.15, 0.2) is 0 Å². The quantitative estimate of drug-likeness (QED) is 0.855. The molecule has 6 nitrogen and oxygen atoms in total. The van der Waals surface area contributed by atoms with Crippen molar-refractivity contribution in [1.29, 1.82) is 0 Å². The molecule has 0 radical (unpaired) electrons. The van der Waals surface area contributed by atoms with Gasteiger partial charge >= 0.3 is 0 Å². The van der Waals surface area contributed by atoms with Gasteiger partial charge in [0.1, 0.15) is 6.10 Å². The van der Waals surface area contributed by atoms with E-state index < -0.39 is 0 Å². The fourth-order valence-corrected chi connectivity index (χ4v) is 3.37. The number of hydrogen-bond donors (Lipinski definition) is 2. The van der Waals surface area contributed by atoms with E-state index in [2.05, 4.69) is 10.3 Å². The normalized spacial score (nSPS) is 20.3. The minimum absolute atomic E-state index is 0.0518. The van der Waals surface area contributed by atoms with E-state index in [0.717, 1.165) is 27.7 Å². The highest BCUT2D eigenvalue weighted by molar-refractivity contribution is 6.07. The predicted octanol–water partition coefficient (Wildman–Crippen LogP) is 2.06. The number of nitrogens with zero attached hydrogens (tertiary/aromatic N) is 1. The molecule has 26 heavy (non-hydrogen) atoms. The first-order valence-electron chi connectivity index (χ1n) is 9.00. The van der Waals surface area contributed by atoms with E-state index in [1.54, 1.807) is 0 Å². The molecule has 3 rings (SSSR count). The molecule has 1 amide bonds. The Kier molecular flexibility index (Phi) is 5.86. The lowest BCUT2D eigenvalue weighted by molar-refractivity contribution is -0.0737. The highest BCUT2D eigenvalue weighted by Gasteiger charge is 2.29. The number of ether oxygens (including phenoxy) is 2. The number of aryl methyl sites for hydroxylation is 2. The van der Waals surface area contributed by atoms with Crippen LogP contribution in [0, 0.1) is 20.8 Å². The number of rotatable bonds is 5. The van der Waals surface area contributed by atoms with E-state index >= 15 is 0 Å². The molecular formula is C20H26N2O4. The van der Waals surface area contributed by atoms with Crippen molar-refractivity contribution in [3.05, 3.63) is 40.6 Å². The van der Waals surface area contributed by atoms with Gasteiger partial charge in [-0.1, -0.05) is 11.6 Å². The van der Waals surface area contributed by atoms with E-state index in [1.807, 2.05) is 39.0 Å². The molecule has 140 valence electrons. The molecular weight excluding hydrogens is 332 g/mol. The van der Waals surface area contributed by atoms with Crippen LogP contribution in [-0.4, -0.2) is 54.6 Å². The summed E-state index contributed by atoms with van der Waals surface area (Å²) in [7, 11) is 0. The molecule has 0 spiro atoms. The number of amides is 1. The number of carbonyl (C=O) groups is 1. The summed E-state index contributed by atoms with van der Waals surface area (Å²) in [6, 6.07) is 5.82. The number of hydrogen-bond acceptors (Lipinski definition) is 5. The first-order chi connectivity index (χ1) is 12.5. The van der Waals surface area contributed by atoms with Crippen LogP contribution in [0.4, 0.5) is 0 Å². The Balaban J connectivity index is 1.91. The van der Waals surface area contributed by atoms with E-state index in [0.29, 0.717) is 25.2 Å². The van der Waals surface area contributed by atoms with Crippen molar-refractivity contribution in [3.63, 3.8) is 0 Å². The van der Waals surface area contributed by atoms with E-state index in [-0.39, 0.29) is 31.3 Å². The van der Waals surface area contributed by atoms with Crippen molar-refractivity contribution in [2.45, 2.75) is 39.3 Å². The minimum atomic E-state index is -0.254. The smallest absolute Gasteiger partial charge is 0.252 e. The van der Waals surface area contributed by atoms with Crippen molar-refractivity contribution >= 4 is 16.8 Å². The largest absolute Gasteiger partial charge is 0.394 e. The van der Waals surface area contributed by atoms with Crippen LogP contribution in [0.1, 0.15) is 33.6 Å². The summed E-state index contributed by atoms with van der Waals surface area (Å²) >= 11 is 0. The fraction of sp³-hybridized carbons (Fsp3) is 0.500. The van der Waals surface area contributed by atoms with Gasteiger partial charge < -0.3 is 19.9 Å².